The summed E-state index contributed by atoms with van der Waals surface area (Å²) >= 11 is 0. The van der Waals surface area contributed by atoms with Crippen molar-refractivity contribution in [2.24, 2.45) is 4.99 Å². The lowest BCUT2D eigenvalue weighted by Gasteiger charge is -2.36. The van der Waals surface area contributed by atoms with Crippen molar-refractivity contribution in [2.45, 2.75) is 20.0 Å². The second-order valence-electron chi connectivity index (χ2n) is 7.25. The molecule has 0 spiro atoms. The molecule has 28 heavy (non-hydrogen) atoms. The van der Waals surface area contributed by atoms with E-state index in [-0.39, 0.29) is 0 Å². The van der Waals surface area contributed by atoms with E-state index in [1.165, 1.54) is 11.1 Å². The third-order valence-electron chi connectivity index (χ3n) is 4.65. The van der Waals surface area contributed by atoms with E-state index in [1.54, 1.807) is 12.4 Å². The lowest BCUT2D eigenvalue weighted by atomic mass is 10.1. The molecule has 1 aliphatic rings. The molecule has 0 aliphatic carbocycles. The normalized spacial score (nSPS) is 15.2. The summed E-state index contributed by atoms with van der Waals surface area (Å²) < 4.78 is 0. The number of aromatic nitrogens is 2. The zero-order chi connectivity index (χ0) is 19.8. The zero-order valence-corrected chi connectivity index (χ0v) is 17.2. The van der Waals surface area contributed by atoms with E-state index in [0.29, 0.717) is 6.54 Å². The third-order valence-corrected chi connectivity index (χ3v) is 4.65. The van der Waals surface area contributed by atoms with Crippen LogP contribution in [-0.4, -0.2) is 72.5 Å². The number of guanidine groups is 1. The quantitative estimate of drug-likeness (QED) is 0.609. The van der Waals surface area contributed by atoms with Crippen molar-refractivity contribution in [3.05, 3.63) is 53.9 Å². The molecular formula is C21H31N7. The van der Waals surface area contributed by atoms with Gasteiger partial charge in [-0.3, -0.25) is 0 Å². The topological polar surface area (TPSA) is 59.9 Å². The lowest BCUT2D eigenvalue weighted by molar-refractivity contribution is 0.370. The number of hydrogen-bond donors (Lipinski definition) is 1. The van der Waals surface area contributed by atoms with Gasteiger partial charge >= 0.3 is 0 Å². The summed E-state index contributed by atoms with van der Waals surface area (Å²) in [4.78, 5) is 20.3. The van der Waals surface area contributed by atoms with Crippen molar-refractivity contribution in [1.82, 2.24) is 25.1 Å². The fourth-order valence-electron chi connectivity index (χ4n) is 3.36. The number of nitrogens with one attached hydrogen (secondary N) is 1. The maximum atomic E-state index is 4.89. The zero-order valence-electron chi connectivity index (χ0n) is 17.2. The van der Waals surface area contributed by atoms with E-state index in [1.807, 2.05) is 6.07 Å². The van der Waals surface area contributed by atoms with Crippen molar-refractivity contribution in [2.75, 3.05) is 51.7 Å². The molecule has 0 bridgehead atoms. The molecule has 0 atom stereocenters. The number of rotatable bonds is 6. The van der Waals surface area contributed by atoms with Gasteiger partial charge in [0, 0.05) is 51.7 Å². The second-order valence-corrected chi connectivity index (χ2v) is 7.25. The van der Waals surface area contributed by atoms with Gasteiger partial charge in [0.05, 0.1) is 6.54 Å². The molecule has 3 rings (SSSR count). The minimum absolute atomic E-state index is 0.686. The van der Waals surface area contributed by atoms with Crippen LogP contribution in [0.2, 0.25) is 0 Å². The molecule has 0 radical (unpaired) electrons. The number of benzene rings is 1. The molecule has 7 nitrogen and oxygen atoms in total. The summed E-state index contributed by atoms with van der Waals surface area (Å²) in [6, 6.07) is 10.5. The number of hydrogen-bond acceptors (Lipinski definition) is 5. The highest BCUT2D eigenvalue weighted by atomic mass is 15.4. The molecule has 0 saturated carbocycles. The van der Waals surface area contributed by atoms with Crippen LogP contribution in [0.4, 0.5) is 5.95 Å². The molecule has 0 unspecified atom stereocenters. The molecule has 0 amide bonds. The van der Waals surface area contributed by atoms with Gasteiger partial charge in [0.2, 0.25) is 5.95 Å². The summed E-state index contributed by atoms with van der Waals surface area (Å²) in [5.74, 6) is 1.79. The minimum atomic E-state index is 0.686. The van der Waals surface area contributed by atoms with Crippen LogP contribution in [-0.2, 0) is 13.1 Å². The molecule has 150 valence electrons. The average molecular weight is 382 g/mol. The fraction of sp³-hybridized carbons (Fsp3) is 0.476. The molecule has 2 heterocycles. The van der Waals surface area contributed by atoms with E-state index in [0.717, 1.165) is 51.2 Å². The first-order valence-electron chi connectivity index (χ1n) is 9.93. The Morgan fingerprint density at radius 2 is 1.79 bits per heavy atom. The third kappa shape index (κ3) is 5.66. The maximum absolute atomic E-state index is 4.89. The Bertz CT molecular complexity index is 752. The first-order valence-corrected chi connectivity index (χ1v) is 9.93. The van der Waals surface area contributed by atoms with Crippen LogP contribution in [0.3, 0.4) is 0 Å². The Morgan fingerprint density at radius 1 is 1.07 bits per heavy atom. The van der Waals surface area contributed by atoms with Gasteiger partial charge in [-0.05, 0) is 38.2 Å². The van der Waals surface area contributed by atoms with Crippen LogP contribution in [0.15, 0.2) is 47.7 Å². The molecule has 1 fully saturated rings. The molecule has 1 aromatic carbocycles. The Kier molecular flexibility index (Phi) is 7.19. The predicted octanol–water partition coefficient (Wildman–Crippen LogP) is 1.83. The van der Waals surface area contributed by atoms with Gasteiger partial charge in [-0.25, -0.2) is 15.0 Å². The van der Waals surface area contributed by atoms with Gasteiger partial charge in [0.15, 0.2) is 5.96 Å². The van der Waals surface area contributed by atoms with Gasteiger partial charge in [-0.15, -0.1) is 0 Å². The molecule has 2 aromatic rings. The van der Waals surface area contributed by atoms with Gasteiger partial charge in [-0.1, -0.05) is 24.3 Å². The van der Waals surface area contributed by atoms with E-state index in [4.69, 9.17) is 4.99 Å². The van der Waals surface area contributed by atoms with Crippen molar-refractivity contribution in [3.8, 4) is 0 Å². The Morgan fingerprint density at radius 3 is 2.46 bits per heavy atom. The summed E-state index contributed by atoms with van der Waals surface area (Å²) in [7, 11) is 4.18. The summed E-state index contributed by atoms with van der Waals surface area (Å²) in [6.07, 6.45) is 3.59. The molecule has 1 aliphatic heterocycles. The molecule has 1 saturated heterocycles. The van der Waals surface area contributed by atoms with Gasteiger partial charge in [0.1, 0.15) is 0 Å². The van der Waals surface area contributed by atoms with E-state index in [9.17, 15) is 0 Å². The largest absolute Gasteiger partial charge is 0.357 e. The summed E-state index contributed by atoms with van der Waals surface area (Å²) in [6.45, 7) is 8.21. The van der Waals surface area contributed by atoms with Crippen molar-refractivity contribution < 1.29 is 0 Å². The highest BCUT2D eigenvalue weighted by Gasteiger charge is 2.21. The minimum Gasteiger partial charge on any atom is -0.357 e. The van der Waals surface area contributed by atoms with Crippen LogP contribution >= 0.6 is 0 Å². The second kappa shape index (κ2) is 10.0. The first-order chi connectivity index (χ1) is 13.7. The van der Waals surface area contributed by atoms with Crippen LogP contribution in [0.25, 0.3) is 0 Å². The van der Waals surface area contributed by atoms with E-state index >= 15 is 0 Å². The smallest absolute Gasteiger partial charge is 0.225 e. The predicted molar refractivity (Wildman–Crippen MR) is 114 cm³/mol. The Hall–Kier alpha value is -2.67. The van der Waals surface area contributed by atoms with Gasteiger partial charge in [-0.2, -0.15) is 0 Å². The molecule has 7 heteroatoms. The number of piperazine rings is 1. The van der Waals surface area contributed by atoms with Gasteiger partial charge in [0.25, 0.3) is 0 Å². The number of nitrogens with zero attached hydrogens (tertiary/aromatic N) is 6. The summed E-state index contributed by atoms with van der Waals surface area (Å²) in [5, 5.41) is 3.44. The first kappa shape index (κ1) is 20.1. The Balaban J connectivity index is 1.62. The van der Waals surface area contributed by atoms with E-state index < -0.39 is 0 Å². The number of anilines is 1. The average Bonchev–Trinajstić information content (AvgIpc) is 2.72. The molecular weight excluding hydrogens is 350 g/mol. The Labute approximate surface area is 168 Å². The van der Waals surface area contributed by atoms with Crippen LogP contribution in [0.5, 0.6) is 0 Å². The highest BCUT2D eigenvalue weighted by molar-refractivity contribution is 5.80. The van der Waals surface area contributed by atoms with Crippen molar-refractivity contribution in [3.63, 3.8) is 0 Å². The van der Waals surface area contributed by atoms with Crippen LogP contribution in [0.1, 0.15) is 18.1 Å². The monoisotopic (exact) mass is 381 g/mol. The molecule has 1 aromatic heterocycles. The van der Waals surface area contributed by atoms with Crippen LogP contribution in [0, 0.1) is 0 Å². The fourth-order valence-corrected chi connectivity index (χ4v) is 3.36. The maximum Gasteiger partial charge on any atom is 0.225 e. The number of aliphatic imine (C=N–C) groups is 1. The van der Waals surface area contributed by atoms with Gasteiger partial charge < -0.3 is 20.0 Å². The van der Waals surface area contributed by atoms with E-state index in [2.05, 4.69) is 75.3 Å². The van der Waals surface area contributed by atoms with Crippen molar-refractivity contribution >= 4 is 11.9 Å². The molecule has 1 N–H and O–H groups in total. The highest BCUT2D eigenvalue weighted by Crippen LogP contribution is 2.11. The standard InChI is InChI=1S/C21H31N7/c1-4-22-20(25-16-18-7-5-8-19(15-18)17-26(2)3)27-11-13-28(14-12-27)21-23-9-6-10-24-21/h5-10,15H,4,11-14,16-17H2,1-3H3,(H,22,25). The van der Waals surface area contributed by atoms with Crippen molar-refractivity contribution in [1.29, 1.82) is 0 Å². The van der Waals surface area contributed by atoms with Crippen LogP contribution < -0.4 is 10.2 Å². The summed E-state index contributed by atoms with van der Waals surface area (Å²) in [5.41, 5.74) is 2.56. The lowest BCUT2D eigenvalue weighted by Crippen LogP contribution is -2.52. The SMILES string of the molecule is CCNC(=NCc1cccc(CN(C)C)c1)N1CCN(c2ncccn2)CC1.